The smallest absolute Gasteiger partial charge is 0.326 e. The molecule has 0 aromatic heterocycles. The quantitative estimate of drug-likeness (QED) is 0.144. The summed E-state index contributed by atoms with van der Waals surface area (Å²) in [6.07, 6.45) is -0.326. The largest absolute Gasteiger partial charge is 0.480 e. The SMILES string of the molecule is NC(=O)CCC(NC(=O)C(CC(N)=O)NC(=O)C1CCCN1C(=O)C(N)CS)C(=O)O. The first-order valence-electron chi connectivity index (χ1n) is 9.55. The van der Waals surface area contributed by atoms with Crippen molar-refractivity contribution in [2.45, 2.75) is 56.3 Å². The maximum atomic E-state index is 12.7. The predicted molar refractivity (Wildman–Crippen MR) is 110 cm³/mol. The van der Waals surface area contributed by atoms with Crippen molar-refractivity contribution in [3.8, 4) is 0 Å². The molecule has 31 heavy (non-hydrogen) atoms. The molecule has 0 aliphatic carbocycles. The number of hydrogen-bond acceptors (Lipinski definition) is 8. The van der Waals surface area contributed by atoms with Crippen molar-refractivity contribution in [3.05, 3.63) is 0 Å². The van der Waals surface area contributed by atoms with Gasteiger partial charge >= 0.3 is 5.97 Å². The second-order valence-corrected chi connectivity index (χ2v) is 7.48. The molecule has 1 aliphatic heterocycles. The maximum Gasteiger partial charge on any atom is 0.326 e. The number of carboxylic acid groups (broad SMARTS) is 1. The van der Waals surface area contributed by atoms with E-state index < -0.39 is 66.1 Å². The third-order valence-electron chi connectivity index (χ3n) is 4.68. The summed E-state index contributed by atoms with van der Waals surface area (Å²) in [6.45, 7) is 0.291. The molecule has 0 saturated carbocycles. The Morgan fingerprint density at radius 2 is 1.71 bits per heavy atom. The molecule has 1 aliphatic rings. The number of hydrogen-bond donors (Lipinski definition) is 7. The van der Waals surface area contributed by atoms with E-state index in [2.05, 4.69) is 23.3 Å². The molecule has 0 aromatic rings. The lowest BCUT2D eigenvalue weighted by Crippen LogP contribution is -2.57. The summed E-state index contributed by atoms with van der Waals surface area (Å²) in [7, 11) is 0. The van der Waals surface area contributed by atoms with Crippen LogP contribution in [0.25, 0.3) is 0 Å². The van der Waals surface area contributed by atoms with E-state index in [1.165, 1.54) is 4.90 Å². The van der Waals surface area contributed by atoms with Gasteiger partial charge in [-0.3, -0.25) is 24.0 Å². The van der Waals surface area contributed by atoms with E-state index >= 15 is 0 Å². The second-order valence-electron chi connectivity index (χ2n) is 7.11. The molecule has 0 aromatic carbocycles. The first kappa shape index (κ1) is 26.2. The molecule has 5 amide bonds. The lowest BCUT2D eigenvalue weighted by Gasteiger charge is -2.28. The third kappa shape index (κ3) is 8.05. The number of thiol groups is 1. The highest BCUT2D eigenvalue weighted by Gasteiger charge is 2.38. The molecule has 4 atom stereocenters. The Balaban J connectivity index is 2.90. The van der Waals surface area contributed by atoms with Gasteiger partial charge in [0.25, 0.3) is 0 Å². The van der Waals surface area contributed by atoms with E-state index in [0.29, 0.717) is 19.4 Å². The number of carbonyl (C=O) groups is 6. The van der Waals surface area contributed by atoms with E-state index in [1.807, 2.05) is 0 Å². The van der Waals surface area contributed by atoms with Crippen LogP contribution in [0.15, 0.2) is 0 Å². The fourth-order valence-electron chi connectivity index (χ4n) is 3.09. The van der Waals surface area contributed by atoms with Gasteiger partial charge in [0.2, 0.25) is 29.5 Å². The molecule has 0 bridgehead atoms. The Labute approximate surface area is 183 Å². The van der Waals surface area contributed by atoms with Crippen LogP contribution in [0.1, 0.15) is 32.1 Å². The number of nitrogens with two attached hydrogens (primary N) is 3. The zero-order valence-electron chi connectivity index (χ0n) is 16.8. The van der Waals surface area contributed by atoms with Crippen molar-refractivity contribution in [3.63, 3.8) is 0 Å². The minimum absolute atomic E-state index is 0.0816. The van der Waals surface area contributed by atoms with Gasteiger partial charge in [0.1, 0.15) is 18.1 Å². The van der Waals surface area contributed by atoms with Crippen LogP contribution in [0.3, 0.4) is 0 Å². The number of likely N-dealkylation sites (tertiary alicyclic amines) is 1. The Kier molecular flexibility index (Phi) is 10.2. The Morgan fingerprint density at radius 3 is 2.23 bits per heavy atom. The standard InChI is InChI=1S/C17H28N6O7S/c18-8(7-31)16(28)23-5-1-2-11(23)15(27)22-10(6-13(20)25)14(26)21-9(17(29)30)3-4-12(19)24/h8-11,31H,1-7,18H2,(H2,19,24)(H2,20,25)(H,21,26)(H,22,27)(H,29,30). The van der Waals surface area contributed by atoms with Gasteiger partial charge in [0, 0.05) is 18.7 Å². The predicted octanol–water partition coefficient (Wildman–Crippen LogP) is -3.57. The van der Waals surface area contributed by atoms with Gasteiger partial charge < -0.3 is 37.8 Å². The number of carbonyl (C=O) groups excluding carboxylic acids is 5. The van der Waals surface area contributed by atoms with Gasteiger partial charge in [-0.2, -0.15) is 12.6 Å². The minimum atomic E-state index is -1.48. The number of nitrogens with zero attached hydrogens (tertiary/aromatic N) is 1. The Bertz CT molecular complexity index is 734. The van der Waals surface area contributed by atoms with Crippen LogP contribution in [0, 0.1) is 0 Å². The average molecular weight is 461 g/mol. The molecule has 0 spiro atoms. The Hall–Kier alpha value is -2.87. The molecular weight excluding hydrogens is 432 g/mol. The summed E-state index contributed by atoms with van der Waals surface area (Å²) < 4.78 is 0. The molecule has 1 rings (SSSR count). The summed E-state index contributed by atoms with van der Waals surface area (Å²) in [5.74, 6) is -5.17. The molecule has 1 fully saturated rings. The average Bonchev–Trinajstić information content (AvgIpc) is 3.18. The lowest BCUT2D eigenvalue weighted by atomic mass is 10.1. The van der Waals surface area contributed by atoms with Crippen LogP contribution < -0.4 is 27.8 Å². The van der Waals surface area contributed by atoms with Crippen LogP contribution in [-0.4, -0.2) is 82.0 Å². The van der Waals surface area contributed by atoms with Crippen molar-refractivity contribution < 1.29 is 33.9 Å². The number of rotatable bonds is 12. The highest BCUT2D eigenvalue weighted by Crippen LogP contribution is 2.19. The summed E-state index contributed by atoms with van der Waals surface area (Å²) >= 11 is 3.97. The van der Waals surface area contributed by atoms with Gasteiger partial charge in [-0.25, -0.2) is 4.79 Å². The molecule has 1 saturated heterocycles. The lowest BCUT2D eigenvalue weighted by molar-refractivity contribution is -0.143. The third-order valence-corrected chi connectivity index (χ3v) is 5.08. The molecule has 1 heterocycles. The molecule has 13 nitrogen and oxygen atoms in total. The van der Waals surface area contributed by atoms with Crippen molar-refractivity contribution in [2.24, 2.45) is 17.2 Å². The van der Waals surface area contributed by atoms with Crippen molar-refractivity contribution in [2.75, 3.05) is 12.3 Å². The fraction of sp³-hybridized carbons (Fsp3) is 0.647. The first-order chi connectivity index (χ1) is 14.5. The fourth-order valence-corrected chi connectivity index (χ4v) is 3.25. The minimum Gasteiger partial charge on any atom is -0.480 e. The maximum absolute atomic E-state index is 12.7. The number of aliphatic carboxylic acids is 1. The van der Waals surface area contributed by atoms with Crippen LogP contribution >= 0.6 is 12.6 Å². The molecule has 14 heteroatoms. The van der Waals surface area contributed by atoms with Crippen LogP contribution in [-0.2, 0) is 28.8 Å². The molecule has 9 N–H and O–H groups in total. The van der Waals surface area contributed by atoms with Gasteiger partial charge in [0.05, 0.1) is 12.5 Å². The first-order valence-corrected chi connectivity index (χ1v) is 10.2. The topological polar surface area (TPSA) is 228 Å². The van der Waals surface area contributed by atoms with Gasteiger partial charge in [-0.1, -0.05) is 0 Å². The van der Waals surface area contributed by atoms with Crippen LogP contribution in [0.2, 0.25) is 0 Å². The monoisotopic (exact) mass is 460 g/mol. The molecular formula is C17H28N6O7S. The second kappa shape index (κ2) is 12.1. The molecule has 174 valence electrons. The summed E-state index contributed by atoms with van der Waals surface area (Å²) in [4.78, 5) is 72.5. The van der Waals surface area contributed by atoms with Gasteiger partial charge in [-0.05, 0) is 19.3 Å². The van der Waals surface area contributed by atoms with E-state index in [9.17, 15) is 33.9 Å². The van der Waals surface area contributed by atoms with Gasteiger partial charge in [0.15, 0.2) is 0 Å². The van der Waals surface area contributed by atoms with Gasteiger partial charge in [-0.15, -0.1) is 0 Å². The molecule has 0 radical (unpaired) electrons. The number of amides is 5. The highest BCUT2D eigenvalue weighted by atomic mass is 32.1. The molecule has 4 unspecified atom stereocenters. The van der Waals surface area contributed by atoms with Crippen molar-refractivity contribution in [1.29, 1.82) is 0 Å². The number of nitrogens with one attached hydrogen (secondary N) is 2. The zero-order valence-corrected chi connectivity index (χ0v) is 17.7. The van der Waals surface area contributed by atoms with E-state index in [0.717, 1.165) is 0 Å². The zero-order chi connectivity index (χ0) is 23.7. The number of carboxylic acids is 1. The van der Waals surface area contributed by atoms with E-state index in [-0.39, 0.29) is 18.6 Å². The summed E-state index contributed by atoms with van der Waals surface area (Å²) in [6, 6.07) is -4.75. The van der Waals surface area contributed by atoms with Crippen LogP contribution in [0.5, 0.6) is 0 Å². The summed E-state index contributed by atoms with van der Waals surface area (Å²) in [5.41, 5.74) is 15.8. The summed E-state index contributed by atoms with van der Waals surface area (Å²) in [5, 5.41) is 13.7. The van der Waals surface area contributed by atoms with Crippen molar-refractivity contribution >= 4 is 48.1 Å². The normalized spacial score (nSPS) is 18.5. The van der Waals surface area contributed by atoms with Crippen LogP contribution in [0.4, 0.5) is 0 Å². The van der Waals surface area contributed by atoms with E-state index in [1.54, 1.807) is 0 Å². The Morgan fingerprint density at radius 1 is 1.06 bits per heavy atom. The highest BCUT2D eigenvalue weighted by molar-refractivity contribution is 7.80. The van der Waals surface area contributed by atoms with Crippen molar-refractivity contribution in [1.82, 2.24) is 15.5 Å². The van der Waals surface area contributed by atoms with E-state index in [4.69, 9.17) is 17.2 Å². The number of primary amides is 2.